The quantitative estimate of drug-likeness (QED) is 0.874. The Morgan fingerprint density at radius 1 is 1.38 bits per heavy atom. The van der Waals surface area contributed by atoms with Crippen molar-refractivity contribution in [1.82, 2.24) is 5.32 Å². The number of ether oxygens (including phenoxy) is 1. The number of benzene rings is 1. The van der Waals surface area contributed by atoms with Gasteiger partial charge in [0.05, 0.1) is 22.2 Å². The Morgan fingerprint density at radius 3 is 2.56 bits per heavy atom. The van der Waals surface area contributed by atoms with Gasteiger partial charge in [-0.1, -0.05) is 42.3 Å². The van der Waals surface area contributed by atoms with Crippen LogP contribution in [0.4, 0.5) is 0 Å². The lowest BCUT2D eigenvalue weighted by molar-refractivity contribution is 0.0676. The van der Waals surface area contributed by atoms with E-state index in [0.717, 1.165) is 12.0 Å². The minimum Gasteiger partial charge on any atom is -0.379 e. The van der Waals surface area contributed by atoms with Crippen molar-refractivity contribution in [3.05, 3.63) is 33.8 Å². The van der Waals surface area contributed by atoms with Gasteiger partial charge in [0, 0.05) is 7.11 Å². The molecule has 0 saturated carbocycles. The molecule has 0 spiro atoms. The molecule has 0 radical (unpaired) electrons. The van der Waals surface area contributed by atoms with Crippen molar-refractivity contribution < 1.29 is 4.74 Å². The van der Waals surface area contributed by atoms with Gasteiger partial charge in [0.15, 0.2) is 0 Å². The number of halogens is 2. The summed E-state index contributed by atoms with van der Waals surface area (Å²) in [5.41, 5.74) is 0.977. The summed E-state index contributed by atoms with van der Waals surface area (Å²) in [6, 6.07) is 5.71. The summed E-state index contributed by atoms with van der Waals surface area (Å²) in [4.78, 5) is 0. The smallest absolute Gasteiger partial charge is 0.0763 e. The first kappa shape index (κ1) is 13.8. The molecule has 16 heavy (non-hydrogen) atoms. The first-order valence-corrected chi connectivity index (χ1v) is 6.05. The summed E-state index contributed by atoms with van der Waals surface area (Å²) in [6.45, 7) is 2.08. The van der Waals surface area contributed by atoms with Crippen LogP contribution in [-0.2, 0) is 4.74 Å². The van der Waals surface area contributed by atoms with Crippen LogP contribution in [0.1, 0.15) is 24.9 Å². The molecule has 0 amide bonds. The number of nitrogens with one attached hydrogen (secondary N) is 1. The molecule has 2 unspecified atom stereocenters. The summed E-state index contributed by atoms with van der Waals surface area (Å²) in [7, 11) is 3.60. The average Bonchev–Trinajstić information content (AvgIpc) is 2.30. The van der Waals surface area contributed by atoms with E-state index in [0.29, 0.717) is 10.0 Å². The van der Waals surface area contributed by atoms with E-state index in [2.05, 4.69) is 12.2 Å². The van der Waals surface area contributed by atoms with Crippen LogP contribution in [0, 0.1) is 0 Å². The van der Waals surface area contributed by atoms with Crippen molar-refractivity contribution in [3.63, 3.8) is 0 Å². The molecule has 2 nitrogen and oxygen atoms in total. The van der Waals surface area contributed by atoms with Gasteiger partial charge >= 0.3 is 0 Å². The van der Waals surface area contributed by atoms with Gasteiger partial charge in [-0.2, -0.15) is 0 Å². The molecule has 0 saturated heterocycles. The highest BCUT2D eigenvalue weighted by molar-refractivity contribution is 6.42. The molecule has 0 aliphatic rings. The second-order valence-electron chi connectivity index (χ2n) is 3.59. The van der Waals surface area contributed by atoms with E-state index in [4.69, 9.17) is 27.9 Å². The van der Waals surface area contributed by atoms with Crippen molar-refractivity contribution in [2.45, 2.75) is 25.5 Å². The van der Waals surface area contributed by atoms with Gasteiger partial charge in [0.1, 0.15) is 0 Å². The fourth-order valence-electron chi connectivity index (χ4n) is 1.84. The number of likely N-dealkylation sites (N-methyl/N-ethyl adjacent to an activating group) is 1. The average molecular weight is 262 g/mol. The van der Waals surface area contributed by atoms with Gasteiger partial charge in [-0.05, 0) is 25.1 Å². The first-order chi connectivity index (χ1) is 7.65. The van der Waals surface area contributed by atoms with Gasteiger partial charge in [-0.3, -0.25) is 0 Å². The molecule has 0 aliphatic heterocycles. The monoisotopic (exact) mass is 261 g/mol. The van der Waals surface area contributed by atoms with Crippen molar-refractivity contribution in [2.24, 2.45) is 0 Å². The van der Waals surface area contributed by atoms with Crippen molar-refractivity contribution in [1.29, 1.82) is 0 Å². The number of rotatable bonds is 5. The highest BCUT2D eigenvalue weighted by Gasteiger charge is 2.22. The van der Waals surface area contributed by atoms with Gasteiger partial charge in [-0.25, -0.2) is 0 Å². The van der Waals surface area contributed by atoms with E-state index in [1.54, 1.807) is 13.2 Å². The van der Waals surface area contributed by atoms with Crippen molar-refractivity contribution in [2.75, 3.05) is 14.2 Å². The topological polar surface area (TPSA) is 21.3 Å². The van der Waals surface area contributed by atoms with Crippen molar-refractivity contribution in [3.8, 4) is 0 Å². The van der Waals surface area contributed by atoms with Gasteiger partial charge < -0.3 is 10.1 Å². The summed E-state index contributed by atoms with van der Waals surface area (Å²) in [5.74, 6) is 0. The zero-order valence-electron chi connectivity index (χ0n) is 9.76. The Labute approximate surface area is 107 Å². The third kappa shape index (κ3) is 2.89. The third-order valence-corrected chi connectivity index (χ3v) is 3.54. The molecule has 1 N–H and O–H groups in total. The minimum atomic E-state index is 0.0567. The standard InChI is InChI=1S/C12H17Cl2NO/c1-4-10(16-3)12(15-2)8-6-5-7-9(13)11(8)14/h5-7,10,12,15H,4H2,1-3H3. The molecule has 90 valence electrons. The number of hydrogen-bond donors (Lipinski definition) is 1. The van der Waals surface area contributed by atoms with Crippen LogP contribution in [0.15, 0.2) is 18.2 Å². The molecular formula is C12H17Cl2NO. The Hall–Kier alpha value is -0.280. The van der Waals surface area contributed by atoms with Crippen LogP contribution in [0.25, 0.3) is 0 Å². The fraction of sp³-hybridized carbons (Fsp3) is 0.500. The first-order valence-electron chi connectivity index (χ1n) is 5.29. The van der Waals surface area contributed by atoms with Crippen LogP contribution in [-0.4, -0.2) is 20.3 Å². The zero-order valence-corrected chi connectivity index (χ0v) is 11.3. The highest BCUT2D eigenvalue weighted by atomic mass is 35.5. The van der Waals surface area contributed by atoms with Crippen LogP contribution in [0.5, 0.6) is 0 Å². The summed E-state index contributed by atoms with van der Waals surface area (Å²) < 4.78 is 5.44. The highest BCUT2D eigenvalue weighted by Crippen LogP contribution is 2.32. The number of methoxy groups -OCH3 is 1. The second kappa shape index (κ2) is 6.45. The summed E-state index contributed by atoms with van der Waals surface area (Å²) >= 11 is 12.2. The largest absolute Gasteiger partial charge is 0.379 e. The molecular weight excluding hydrogens is 245 g/mol. The Bertz CT molecular complexity index is 340. The maximum absolute atomic E-state index is 6.20. The molecule has 1 rings (SSSR count). The van der Waals surface area contributed by atoms with E-state index >= 15 is 0 Å². The Kier molecular flexibility index (Phi) is 5.56. The Balaban J connectivity index is 3.07. The predicted octanol–water partition coefficient (Wildman–Crippen LogP) is 3.68. The van der Waals surface area contributed by atoms with Crippen molar-refractivity contribution >= 4 is 23.2 Å². The van der Waals surface area contributed by atoms with E-state index in [9.17, 15) is 0 Å². The molecule has 1 aromatic rings. The van der Waals surface area contributed by atoms with Crippen LogP contribution in [0.3, 0.4) is 0 Å². The molecule has 4 heteroatoms. The van der Waals surface area contributed by atoms with Gasteiger partial charge in [0.2, 0.25) is 0 Å². The Morgan fingerprint density at radius 2 is 2.06 bits per heavy atom. The minimum absolute atomic E-state index is 0.0567. The lowest BCUT2D eigenvalue weighted by Gasteiger charge is -2.26. The molecule has 0 heterocycles. The fourth-order valence-corrected chi connectivity index (χ4v) is 2.27. The van der Waals surface area contributed by atoms with E-state index < -0.39 is 0 Å². The molecule has 1 aromatic carbocycles. The lowest BCUT2D eigenvalue weighted by Crippen LogP contribution is -2.30. The summed E-state index contributed by atoms with van der Waals surface area (Å²) in [6.07, 6.45) is 0.992. The SMILES string of the molecule is CCC(OC)C(NC)c1cccc(Cl)c1Cl. The zero-order chi connectivity index (χ0) is 12.1. The van der Waals surface area contributed by atoms with Crippen LogP contribution in [0.2, 0.25) is 10.0 Å². The molecule has 0 bridgehead atoms. The van der Waals surface area contributed by atoms with Gasteiger partial charge in [-0.15, -0.1) is 0 Å². The summed E-state index contributed by atoms with van der Waals surface area (Å²) in [5, 5.41) is 4.39. The molecule has 2 atom stereocenters. The second-order valence-corrected chi connectivity index (χ2v) is 4.38. The van der Waals surface area contributed by atoms with E-state index in [1.165, 1.54) is 0 Å². The maximum atomic E-state index is 6.20. The molecule has 0 fully saturated rings. The predicted molar refractivity (Wildman–Crippen MR) is 69.4 cm³/mol. The van der Waals surface area contributed by atoms with E-state index in [-0.39, 0.29) is 12.1 Å². The molecule has 0 aliphatic carbocycles. The third-order valence-electron chi connectivity index (χ3n) is 2.70. The maximum Gasteiger partial charge on any atom is 0.0763 e. The van der Waals surface area contributed by atoms with Gasteiger partial charge in [0.25, 0.3) is 0 Å². The normalized spacial score (nSPS) is 14.8. The number of hydrogen-bond acceptors (Lipinski definition) is 2. The lowest BCUT2D eigenvalue weighted by atomic mass is 9.99. The van der Waals surface area contributed by atoms with E-state index in [1.807, 2.05) is 19.2 Å². The molecule has 0 aromatic heterocycles. The van der Waals surface area contributed by atoms with Crippen LogP contribution >= 0.6 is 23.2 Å². The van der Waals surface area contributed by atoms with Crippen LogP contribution < -0.4 is 5.32 Å².